The summed E-state index contributed by atoms with van der Waals surface area (Å²) < 4.78 is 5.95. The highest BCUT2D eigenvalue weighted by Crippen LogP contribution is 2.36. The second-order valence-corrected chi connectivity index (χ2v) is 5.44. The summed E-state index contributed by atoms with van der Waals surface area (Å²) in [7, 11) is 0. The van der Waals surface area contributed by atoms with Gasteiger partial charge in [0.1, 0.15) is 11.5 Å². The van der Waals surface area contributed by atoms with E-state index in [4.69, 9.17) is 27.3 Å². The van der Waals surface area contributed by atoms with Crippen LogP contribution in [0.5, 0.6) is 11.5 Å². The van der Waals surface area contributed by atoms with Gasteiger partial charge in [0.25, 0.3) is 0 Å². The number of benzene rings is 3. The van der Waals surface area contributed by atoms with E-state index in [1.54, 1.807) is 30.3 Å². The Balaban J connectivity index is 2.04. The van der Waals surface area contributed by atoms with Crippen LogP contribution >= 0.6 is 11.6 Å². The predicted molar refractivity (Wildman–Crippen MR) is 92.5 cm³/mol. The van der Waals surface area contributed by atoms with Crippen molar-refractivity contribution < 1.29 is 4.74 Å². The number of hydrogen-bond acceptors (Lipinski definition) is 3. The second kappa shape index (κ2) is 6.43. The Morgan fingerprint density at radius 3 is 2.57 bits per heavy atom. The van der Waals surface area contributed by atoms with Crippen LogP contribution in [-0.4, -0.2) is 0 Å². The first-order chi connectivity index (χ1) is 11.2. The van der Waals surface area contributed by atoms with Crippen LogP contribution in [0.4, 0.5) is 5.69 Å². The fraction of sp³-hybridized carbons (Fsp3) is 0. The quantitative estimate of drug-likeness (QED) is 0.670. The predicted octanol–water partition coefficient (Wildman–Crippen LogP) is 5.25. The Kier molecular flexibility index (Phi) is 4.18. The van der Waals surface area contributed by atoms with Gasteiger partial charge in [-0.2, -0.15) is 5.26 Å². The zero-order valence-corrected chi connectivity index (χ0v) is 12.9. The normalized spacial score (nSPS) is 10.1. The monoisotopic (exact) mass is 320 g/mol. The molecule has 0 aliphatic carbocycles. The van der Waals surface area contributed by atoms with Crippen molar-refractivity contribution in [3.05, 3.63) is 77.3 Å². The summed E-state index contributed by atoms with van der Waals surface area (Å²) in [6.45, 7) is 0. The maximum atomic E-state index is 9.00. The van der Waals surface area contributed by atoms with Crippen molar-refractivity contribution in [3.8, 4) is 28.7 Å². The molecule has 4 heteroatoms. The van der Waals surface area contributed by atoms with E-state index >= 15 is 0 Å². The highest BCUT2D eigenvalue weighted by atomic mass is 35.5. The lowest BCUT2D eigenvalue weighted by Crippen LogP contribution is -1.92. The Morgan fingerprint density at radius 1 is 0.957 bits per heavy atom. The number of nitriles is 1. The number of ether oxygens (including phenoxy) is 1. The van der Waals surface area contributed by atoms with Crippen LogP contribution in [0.25, 0.3) is 11.1 Å². The van der Waals surface area contributed by atoms with Gasteiger partial charge in [-0.3, -0.25) is 0 Å². The van der Waals surface area contributed by atoms with Gasteiger partial charge in [-0.05, 0) is 48.0 Å². The molecule has 3 aromatic carbocycles. The molecular weight excluding hydrogens is 308 g/mol. The van der Waals surface area contributed by atoms with Crippen molar-refractivity contribution >= 4 is 17.3 Å². The van der Waals surface area contributed by atoms with Crippen LogP contribution in [0, 0.1) is 11.3 Å². The molecule has 0 saturated carbocycles. The largest absolute Gasteiger partial charge is 0.457 e. The van der Waals surface area contributed by atoms with E-state index in [1.807, 2.05) is 36.4 Å². The lowest BCUT2D eigenvalue weighted by Gasteiger charge is -2.13. The van der Waals surface area contributed by atoms with Gasteiger partial charge in [0, 0.05) is 22.3 Å². The first-order valence-corrected chi connectivity index (χ1v) is 7.37. The van der Waals surface area contributed by atoms with Crippen molar-refractivity contribution in [2.75, 3.05) is 5.73 Å². The first-order valence-electron chi connectivity index (χ1n) is 6.99. The minimum absolute atomic E-state index is 0.538. The van der Waals surface area contributed by atoms with Gasteiger partial charge >= 0.3 is 0 Å². The minimum atomic E-state index is 0.538. The molecule has 2 N–H and O–H groups in total. The number of nitrogens with two attached hydrogens (primary N) is 1. The zero-order valence-electron chi connectivity index (χ0n) is 12.2. The average Bonchev–Trinajstić information content (AvgIpc) is 2.55. The van der Waals surface area contributed by atoms with Crippen molar-refractivity contribution in [2.24, 2.45) is 0 Å². The van der Waals surface area contributed by atoms with Crippen LogP contribution in [0.15, 0.2) is 66.7 Å². The Morgan fingerprint density at radius 2 is 1.78 bits per heavy atom. The molecule has 0 amide bonds. The molecule has 112 valence electrons. The maximum absolute atomic E-state index is 9.00. The van der Waals surface area contributed by atoms with Crippen molar-refractivity contribution in [2.45, 2.75) is 0 Å². The Bertz CT molecular complexity index is 900. The molecule has 3 nitrogen and oxygen atoms in total. The standard InChI is InChI=1S/C19H13ClN2O/c20-15-5-2-4-14(10-15)18-8-7-16(22)11-19(18)23-17-6-1-3-13(9-17)12-21/h1-11H,22H2. The fourth-order valence-corrected chi connectivity index (χ4v) is 2.46. The van der Waals surface area contributed by atoms with E-state index in [0.717, 1.165) is 11.1 Å². The molecule has 0 spiro atoms. The number of anilines is 1. The molecule has 0 radical (unpaired) electrons. The summed E-state index contributed by atoms with van der Waals surface area (Å²) in [5.41, 5.74) is 8.84. The summed E-state index contributed by atoms with van der Waals surface area (Å²) in [6, 6.07) is 22.1. The number of nitrogen functional groups attached to an aromatic ring is 1. The number of rotatable bonds is 3. The summed E-state index contributed by atoms with van der Waals surface area (Å²) in [4.78, 5) is 0. The van der Waals surface area contributed by atoms with Gasteiger partial charge in [-0.25, -0.2) is 0 Å². The number of halogens is 1. The summed E-state index contributed by atoms with van der Waals surface area (Å²) >= 11 is 6.08. The third kappa shape index (κ3) is 3.45. The van der Waals surface area contributed by atoms with Crippen LogP contribution in [0.2, 0.25) is 5.02 Å². The van der Waals surface area contributed by atoms with Crippen molar-refractivity contribution in [3.63, 3.8) is 0 Å². The summed E-state index contributed by atoms with van der Waals surface area (Å²) in [5, 5.41) is 9.64. The molecule has 0 aromatic heterocycles. The smallest absolute Gasteiger partial charge is 0.137 e. The van der Waals surface area contributed by atoms with E-state index in [0.29, 0.717) is 27.8 Å². The van der Waals surface area contributed by atoms with Gasteiger partial charge in [0.05, 0.1) is 11.6 Å². The molecule has 0 bridgehead atoms. The van der Waals surface area contributed by atoms with Crippen LogP contribution in [0.3, 0.4) is 0 Å². The highest BCUT2D eigenvalue weighted by Gasteiger charge is 2.09. The molecule has 0 aliphatic rings. The third-order valence-corrected chi connectivity index (χ3v) is 3.57. The van der Waals surface area contributed by atoms with Gasteiger partial charge < -0.3 is 10.5 Å². The molecule has 3 aromatic rings. The SMILES string of the molecule is N#Cc1cccc(Oc2cc(N)ccc2-c2cccc(Cl)c2)c1. The Labute approximate surface area is 139 Å². The molecule has 23 heavy (non-hydrogen) atoms. The highest BCUT2D eigenvalue weighted by molar-refractivity contribution is 6.30. The van der Waals surface area contributed by atoms with E-state index in [2.05, 4.69) is 6.07 Å². The summed E-state index contributed by atoms with van der Waals surface area (Å²) in [6.07, 6.45) is 0. The van der Waals surface area contributed by atoms with E-state index in [-0.39, 0.29) is 0 Å². The average molecular weight is 321 g/mol. The molecule has 0 fully saturated rings. The number of nitrogens with zero attached hydrogens (tertiary/aromatic N) is 1. The second-order valence-electron chi connectivity index (χ2n) is 5.01. The van der Waals surface area contributed by atoms with Gasteiger partial charge in [0.15, 0.2) is 0 Å². The molecular formula is C19H13ClN2O. The van der Waals surface area contributed by atoms with Gasteiger partial charge in [-0.1, -0.05) is 29.8 Å². The lowest BCUT2D eigenvalue weighted by molar-refractivity contribution is 0.484. The van der Waals surface area contributed by atoms with Crippen molar-refractivity contribution in [1.29, 1.82) is 5.26 Å². The zero-order chi connectivity index (χ0) is 16.2. The third-order valence-electron chi connectivity index (χ3n) is 3.33. The lowest BCUT2D eigenvalue weighted by atomic mass is 10.0. The molecule has 0 saturated heterocycles. The molecule has 0 unspecified atom stereocenters. The van der Waals surface area contributed by atoms with Gasteiger partial charge in [-0.15, -0.1) is 0 Å². The fourth-order valence-electron chi connectivity index (χ4n) is 2.27. The number of hydrogen-bond donors (Lipinski definition) is 1. The molecule has 0 atom stereocenters. The first kappa shape index (κ1) is 15.0. The Hall–Kier alpha value is -2.96. The maximum Gasteiger partial charge on any atom is 0.137 e. The molecule has 0 aliphatic heterocycles. The van der Waals surface area contributed by atoms with E-state index in [9.17, 15) is 0 Å². The topological polar surface area (TPSA) is 59.0 Å². The van der Waals surface area contributed by atoms with Crippen LogP contribution < -0.4 is 10.5 Å². The van der Waals surface area contributed by atoms with E-state index in [1.165, 1.54) is 0 Å². The van der Waals surface area contributed by atoms with Crippen LogP contribution in [0.1, 0.15) is 5.56 Å². The summed E-state index contributed by atoms with van der Waals surface area (Å²) in [5.74, 6) is 1.19. The van der Waals surface area contributed by atoms with E-state index < -0.39 is 0 Å². The molecule has 3 rings (SSSR count). The van der Waals surface area contributed by atoms with Crippen LogP contribution in [-0.2, 0) is 0 Å². The van der Waals surface area contributed by atoms with Crippen molar-refractivity contribution in [1.82, 2.24) is 0 Å². The minimum Gasteiger partial charge on any atom is -0.457 e. The molecule has 0 heterocycles. The van der Waals surface area contributed by atoms with Gasteiger partial charge in [0.2, 0.25) is 0 Å².